The quantitative estimate of drug-likeness (QED) is 0.289. The number of thiazole rings is 1. The summed E-state index contributed by atoms with van der Waals surface area (Å²) in [7, 11) is 0. The minimum atomic E-state index is -1.27. The minimum absolute atomic E-state index is 0.202. The van der Waals surface area contributed by atoms with E-state index in [0.29, 0.717) is 29.4 Å². The predicted molar refractivity (Wildman–Crippen MR) is 140 cm³/mol. The number of hydrogen-bond donors (Lipinski definition) is 3. The number of halogens is 1. The van der Waals surface area contributed by atoms with Crippen LogP contribution in [0.5, 0.6) is 0 Å². The first kappa shape index (κ1) is 25.0. The molecule has 0 aliphatic heterocycles. The van der Waals surface area contributed by atoms with Crippen LogP contribution in [0.25, 0.3) is 10.4 Å². The first-order valence-electron chi connectivity index (χ1n) is 12.1. The Balaban J connectivity index is 1.42. The first-order valence-corrected chi connectivity index (χ1v) is 12.9. The predicted octanol–water partition coefficient (Wildman–Crippen LogP) is 5.96. The van der Waals surface area contributed by atoms with Crippen LogP contribution in [0.4, 0.5) is 16.0 Å². The Hall–Kier alpha value is -3.69. The topological polar surface area (TPSA) is 108 Å². The molecule has 5 rings (SSSR count). The van der Waals surface area contributed by atoms with Crippen LogP contribution in [0, 0.1) is 25.6 Å². The fourth-order valence-electron chi connectivity index (χ4n) is 5.01. The Morgan fingerprint density at radius 2 is 1.92 bits per heavy atom. The number of benzene rings is 2. The largest absolute Gasteiger partial charge is 0.481 e. The molecule has 1 fully saturated rings. The van der Waals surface area contributed by atoms with Crippen molar-refractivity contribution in [1.29, 1.82) is 0 Å². The van der Waals surface area contributed by atoms with Crippen LogP contribution >= 0.6 is 11.3 Å². The van der Waals surface area contributed by atoms with Crippen LogP contribution in [0.2, 0.25) is 0 Å². The van der Waals surface area contributed by atoms with E-state index in [4.69, 9.17) is 0 Å². The number of aromatic nitrogens is 3. The molecule has 1 aliphatic rings. The zero-order valence-electron chi connectivity index (χ0n) is 20.5. The van der Waals surface area contributed by atoms with Crippen molar-refractivity contribution >= 4 is 28.9 Å². The molecule has 1 unspecified atom stereocenters. The second-order valence-corrected chi connectivity index (χ2v) is 10.7. The normalized spacial score (nSPS) is 21.5. The lowest BCUT2D eigenvalue weighted by atomic mass is 9.69. The molecule has 0 radical (unpaired) electrons. The number of anilines is 2. The number of nitrogens with zero attached hydrogens (tertiary/aromatic N) is 3. The zero-order valence-corrected chi connectivity index (χ0v) is 21.3. The Labute approximate surface area is 218 Å². The van der Waals surface area contributed by atoms with Crippen LogP contribution in [-0.2, 0) is 10.4 Å². The number of aliphatic hydroxyl groups is 1. The zero-order chi connectivity index (χ0) is 26.2. The van der Waals surface area contributed by atoms with E-state index in [-0.39, 0.29) is 12.2 Å². The molecule has 1 aliphatic carbocycles. The summed E-state index contributed by atoms with van der Waals surface area (Å²) in [6.07, 6.45) is 4.25. The van der Waals surface area contributed by atoms with Gasteiger partial charge in [0.1, 0.15) is 16.4 Å². The second-order valence-electron chi connectivity index (χ2n) is 9.64. The average molecular weight is 519 g/mol. The third-order valence-electron chi connectivity index (χ3n) is 6.84. The molecule has 3 atom stereocenters. The van der Waals surface area contributed by atoms with E-state index in [1.54, 1.807) is 24.5 Å². The molecule has 2 aromatic carbocycles. The van der Waals surface area contributed by atoms with Crippen molar-refractivity contribution in [3.63, 3.8) is 0 Å². The van der Waals surface area contributed by atoms with Crippen molar-refractivity contribution in [1.82, 2.24) is 15.0 Å². The van der Waals surface area contributed by atoms with E-state index in [9.17, 15) is 19.4 Å². The molecule has 0 saturated heterocycles. The molecule has 37 heavy (non-hydrogen) atoms. The number of carboxylic acids is 1. The number of hydrogen-bond acceptors (Lipinski definition) is 7. The number of aryl methyl sites for hydroxylation is 2. The molecule has 2 heterocycles. The van der Waals surface area contributed by atoms with Gasteiger partial charge in [0, 0.05) is 29.7 Å². The number of carboxylic acid groups (broad SMARTS) is 1. The molecule has 0 amide bonds. The number of rotatable bonds is 6. The van der Waals surface area contributed by atoms with Crippen LogP contribution in [0.15, 0.2) is 60.9 Å². The number of carbonyl (C=O) groups is 1. The van der Waals surface area contributed by atoms with Crippen molar-refractivity contribution in [3.05, 3.63) is 88.6 Å². The molecule has 9 heteroatoms. The average Bonchev–Trinajstić information content (AvgIpc) is 3.36. The van der Waals surface area contributed by atoms with Gasteiger partial charge in [-0.25, -0.2) is 19.3 Å². The molecule has 190 valence electrons. The van der Waals surface area contributed by atoms with Gasteiger partial charge in [-0.3, -0.25) is 4.79 Å². The van der Waals surface area contributed by atoms with Crippen molar-refractivity contribution in [2.24, 2.45) is 5.92 Å². The molecule has 1 saturated carbocycles. The number of nitrogens with one attached hydrogen (secondary N) is 1. The van der Waals surface area contributed by atoms with E-state index in [2.05, 4.69) is 20.3 Å². The molecule has 3 N–H and O–H groups in total. The lowest BCUT2D eigenvalue weighted by molar-refractivity contribution is -0.146. The van der Waals surface area contributed by atoms with E-state index < -0.39 is 23.4 Å². The highest BCUT2D eigenvalue weighted by Gasteiger charge is 2.45. The van der Waals surface area contributed by atoms with Gasteiger partial charge in [-0.1, -0.05) is 18.2 Å². The smallest absolute Gasteiger partial charge is 0.307 e. The van der Waals surface area contributed by atoms with Gasteiger partial charge in [-0.2, -0.15) is 0 Å². The maximum atomic E-state index is 13.5. The van der Waals surface area contributed by atoms with E-state index in [1.807, 2.05) is 38.1 Å². The summed E-state index contributed by atoms with van der Waals surface area (Å²) in [4.78, 5) is 26.1. The summed E-state index contributed by atoms with van der Waals surface area (Å²) in [6, 6.07) is 13.7. The highest BCUT2D eigenvalue weighted by atomic mass is 32.1. The fourth-order valence-corrected chi connectivity index (χ4v) is 6.04. The highest BCUT2D eigenvalue weighted by molar-refractivity contribution is 7.15. The van der Waals surface area contributed by atoms with Gasteiger partial charge in [0.2, 0.25) is 5.95 Å². The third kappa shape index (κ3) is 5.38. The molecule has 4 aromatic rings. The molecule has 0 spiro atoms. The molecular weight excluding hydrogens is 491 g/mol. The second kappa shape index (κ2) is 9.99. The third-order valence-corrected chi connectivity index (χ3v) is 8.08. The summed E-state index contributed by atoms with van der Waals surface area (Å²) in [5.74, 6) is -1.88. The van der Waals surface area contributed by atoms with Crippen LogP contribution in [0.1, 0.15) is 47.0 Å². The summed E-state index contributed by atoms with van der Waals surface area (Å²) in [6.45, 7) is 3.91. The van der Waals surface area contributed by atoms with Gasteiger partial charge < -0.3 is 15.5 Å². The van der Waals surface area contributed by atoms with Gasteiger partial charge in [0.05, 0.1) is 10.8 Å². The Bertz CT molecular complexity index is 1440. The Morgan fingerprint density at radius 3 is 2.65 bits per heavy atom. The monoisotopic (exact) mass is 518 g/mol. The van der Waals surface area contributed by atoms with Crippen LogP contribution < -0.4 is 5.32 Å². The Morgan fingerprint density at radius 1 is 1.14 bits per heavy atom. The number of aliphatic carboxylic acids is 1. The van der Waals surface area contributed by atoms with E-state index in [1.165, 1.54) is 23.5 Å². The van der Waals surface area contributed by atoms with Crippen LogP contribution in [0.3, 0.4) is 0 Å². The van der Waals surface area contributed by atoms with Crippen molar-refractivity contribution in [3.8, 4) is 10.4 Å². The maximum Gasteiger partial charge on any atom is 0.307 e. The highest BCUT2D eigenvalue weighted by Crippen LogP contribution is 2.49. The van der Waals surface area contributed by atoms with Gasteiger partial charge in [0.25, 0.3) is 0 Å². The minimum Gasteiger partial charge on any atom is -0.481 e. The van der Waals surface area contributed by atoms with E-state index >= 15 is 0 Å². The van der Waals surface area contributed by atoms with Crippen molar-refractivity contribution in [2.45, 2.75) is 44.6 Å². The van der Waals surface area contributed by atoms with E-state index in [0.717, 1.165) is 27.4 Å². The van der Waals surface area contributed by atoms with Crippen LogP contribution in [-0.4, -0.2) is 31.1 Å². The maximum absolute atomic E-state index is 13.5. The first-order chi connectivity index (χ1) is 17.7. The summed E-state index contributed by atoms with van der Waals surface area (Å²) < 4.78 is 13.5. The molecule has 0 bridgehead atoms. The van der Waals surface area contributed by atoms with Gasteiger partial charge in [-0.15, -0.1) is 11.3 Å². The summed E-state index contributed by atoms with van der Waals surface area (Å²) in [5.41, 5.74) is 3.12. The van der Waals surface area contributed by atoms with Gasteiger partial charge in [0.15, 0.2) is 0 Å². The summed E-state index contributed by atoms with van der Waals surface area (Å²) in [5, 5.41) is 25.3. The van der Waals surface area contributed by atoms with Crippen molar-refractivity contribution in [2.75, 3.05) is 5.32 Å². The standard InChI is InChI=1S/C28H27FN4O3S/c1-16-11-19(13-21(12-16)33-27-30-10-8-17(2)32-27)24-15-31-26(37-24)28(36)9-7-22(25(34)35)23(14-28)18-3-5-20(29)6-4-18/h3-6,8,10-13,15,22-23,36H,7,9,14H2,1-2H3,(H,34,35)(H,30,32,33)/t22-,23+,28?/m0/s1. The van der Waals surface area contributed by atoms with Crippen molar-refractivity contribution < 1.29 is 19.4 Å². The lowest BCUT2D eigenvalue weighted by Gasteiger charge is -2.39. The lowest BCUT2D eigenvalue weighted by Crippen LogP contribution is -2.38. The Kier molecular flexibility index (Phi) is 6.74. The fraction of sp³-hybridized carbons (Fsp3) is 0.286. The summed E-state index contributed by atoms with van der Waals surface area (Å²) >= 11 is 1.40. The SMILES string of the molecule is Cc1cc(Nc2nccc(C)n2)cc(-c2cnc(C3(O)CC[C@H](C(=O)O)[C@@H](c4ccc(F)cc4)C3)s2)c1. The molecule has 2 aromatic heterocycles. The van der Waals surface area contributed by atoms with Gasteiger partial charge >= 0.3 is 5.97 Å². The molecule has 7 nitrogen and oxygen atoms in total. The van der Waals surface area contributed by atoms with Gasteiger partial charge in [-0.05, 0) is 80.1 Å². The molecular formula is C28H27FN4O3S.